The van der Waals surface area contributed by atoms with Crippen LogP contribution in [0.15, 0.2) is 12.1 Å². The van der Waals surface area contributed by atoms with Crippen molar-refractivity contribution in [3.63, 3.8) is 0 Å². The maximum atomic E-state index is 11.5. The van der Waals surface area contributed by atoms with Crippen LogP contribution in [-0.2, 0) is 0 Å². The molecule has 0 aliphatic rings. The van der Waals surface area contributed by atoms with Gasteiger partial charge in [-0.1, -0.05) is 0 Å². The van der Waals surface area contributed by atoms with Crippen LogP contribution in [0.2, 0.25) is 0 Å². The third-order valence-corrected chi connectivity index (χ3v) is 2.20. The number of carboxylic acids is 1. The molecule has 1 amide bonds. The highest BCUT2D eigenvalue weighted by Gasteiger charge is 2.31. The molecule has 19 heavy (non-hydrogen) atoms. The van der Waals surface area contributed by atoms with E-state index in [9.17, 15) is 29.8 Å². The van der Waals surface area contributed by atoms with Crippen molar-refractivity contribution in [2.45, 2.75) is 0 Å². The molecule has 100 valence electrons. The molecule has 0 aliphatic heterocycles. The highest BCUT2D eigenvalue weighted by molar-refractivity contribution is 6.07. The average molecular weight is 269 g/mol. The monoisotopic (exact) mass is 269 g/mol. The van der Waals surface area contributed by atoms with Gasteiger partial charge in [-0.3, -0.25) is 25.0 Å². The molecule has 0 fully saturated rings. The van der Waals surface area contributed by atoms with Crippen molar-refractivity contribution in [1.82, 2.24) is 5.32 Å². The Kier molecular flexibility index (Phi) is 3.75. The van der Waals surface area contributed by atoms with Gasteiger partial charge in [-0.25, -0.2) is 4.79 Å². The number of nitrogens with one attached hydrogen (secondary N) is 1. The fourth-order valence-electron chi connectivity index (χ4n) is 1.40. The van der Waals surface area contributed by atoms with Crippen molar-refractivity contribution in [3.8, 4) is 0 Å². The number of nitro groups is 2. The Hall–Kier alpha value is -3.04. The summed E-state index contributed by atoms with van der Waals surface area (Å²) in [6.07, 6.45) is 0. The molecule has 1 aromatic rings. The molecule has 0 radical (unpaired) electrons. The number of carbonyl (C=O) groups is 2. The largest absolute Gasteiger partial charge is 0.477 e. The number of aromatic carboxylic acids is 1. The van der Waals surface area contributed by atoms with E-state index in [1.165, 1.54) is 7.05 Å². The van der Waals surface area contributed by atoms with Crippen LogP contribution in [0.25, 0.3) is 0 Å². The summed E-state index contributed by atoms with van der Waals surface area (Å²) < 4.78 is 0. The molecule has 0 heterocycles. The van der Waals surface area contributed by atoms with Gasteiger partial charge < -0.3 is 10.4 Å². The van der Waals surface area contributed by atoms with Crippen molar-refractivity contribution in [3.05, 3.63) is 43.5 Å². The number of carboxylic acid groups (broad SMARTS) is 1. The zero-order valence-electron chi connectivity index (χ0n) is 9.45. The van der Waals surface area contributed by atoms with E-state index < -0.39 is 44.2 Å². The smallest absolute Gasteiger partial charge is 0.343 e. The fraction of sp³-hybridized carbons (Fsp3) is 0.111. The molecule has 0 saturated heterocycles. The summed E-state index contributed by atoms with van der Waals surface area (Å²) in [5, 5.41) is 32.4. The predicted octanol–water partition coefficient (Wildman–Crippen LogP) is 0.561. The number of rotatable bonds is 4. The maximum Gasteiger partial charge on any atom is 0.343 e. The van der Waals surface area contributed by atoms with Crippen LogP contribution in [0, 0.1) is 20.2 Å². The van der Waals surface area contributed by atoms with Crippen LogP contribution in [0.5, 0.6) is 0 Å². The molecule has 0 unspecified atom stereocenters. The summed E-state index contributed by atoms with van der Waals surface area (Å²) in [7, 11) is 1.17. The van der Waals surface area contributed by atoms with E-state index in [0.29, 0.717) is 12.1 Å². The Morgan fingerprint density at radius 2 is 1.79 bits per heavy atom. The molecule has 2 N–H and O–H groups in total. The van der Waals surface area contributed by atoms with Gasteiger partial charge in [-0.15, -0.1) is 0 Å². The normalized spacial score (nSPS) is 9.74. The second-order valence-corrected chi connectivity index (χ2v) is 3.29. The van der Waals surface area contributed by atoms with Crippen LogP contribution >= 0.6 is 0 Å². The van der Waals surface area contributed by atoms with E-state index >= 15 is 0 Å². The van der Waals surface area contributed by atoms with Crippen LogP contribution in [0.1, 0.15) is 20.7 Å². The summed E-state index contributed by atoms with van der Waals surface area (Å²) in [5.74, 6) is -2.69. The number of hydrogen-bond acceptors (Lipinski definition) is 6. The molecule has 0 aliphatic carbocycles. The number of carbonyl (C=O) groups excluding carboxylic acids is 1. The van der Waals surface area contributed by atoms with Gasteiger partial charge in [-0.2, -0.15) is 0 Å². The molecule has 0 saturated carbocycles. The highest BCUT2D eigenvalue weighted by Crippen LogP contribution is 2.28. The molecular formula is C9H7N3O7. The number of hydrogen-bond donors (Lipinski definition) is 2. The zero-order valence-corrected chi connectivity index (χ0v) is 9.45. The van der Waals surface area contributed by atoms with E-state index in [1.807, 2.05) is 0 Å². The Balaban J connectivity index is 3.75. The molecule has 0 bridgehead atoms. The maximum absolute atomic E-state index is 11.5. The summed E-state index contributed by atoms with van der Waals surface area (Å²) in [6.45, 7) is 0. The molecule has 0 aromatic heterocycles. The minimum atomic E-state index is -1.72. The van der Waals surface area contributed by atoms with Gasteiger partial charge in [0.25, 0.3) is 17.3 Å². The summed E-state index contributed by atoms with van der Waals surface area (Å²) >= 11 is 0. The van der Waals surface area contributed by atoms with Gasteiger partial charge in [0.2, 0.25) is 0 Å². The zero-order chi connectivity index (χ0) is 14.7. The van der Waals surface area contributed by atoms with E-state index in [2.05, 4.69) is 5.32 Å². The second-order valence-electron chi connectivity index (χ2n) is 3.29. The van der Waals surface area contributed by atoms with Crippen LogP contribution in [0.3, 0.4) is 0 Å². The Morgan fingerprint density at radius 1 is 1.21 bits per heavy atom. The first-order chi connectivity index (χ1) is 8.79. The minimum absolute atomic E-state index is 0.496. The average Bonchev–Trinajstić information content (AvgIpc) is 2.35. The lowest BCUT2D eigenvalue weighted by Gasteiger charge is -2.05. The van der Waals surface area contributed by atoms with E-state index in [-0.39, 0.29) is 0 Å². The van der Waals surface area contributed by atoms with Gasteiger partial charge in [0, 0.05) is 13.1 Å². The van der Waals surface area contributed by atoms with Gasteiger partial charge in [-0.05, 0) is 0 Å². The van der Waals surface area contributed by atoms with Crippen molar-refractivity contribution < 1.29 is 24.5 Å². The van der Waals surface area contributed by atoms with Gasteiger partial charge >= 0.3 is 5.97 Å². The number of benzene rings is 1. The lowest BCUT2D eigenvalue weighted by molar-refractivity contribution is -0.394. The van der Waals surface area contributed by atoms with Crippen LogP contribution < -0.4 is 5.32 Å². The quantitative estimate of drug-likeness (QED) is 0.597. The number of nitro benzene ring substituents is 2. The number of non-ortho nitro benzene ring substituents is 1. The van der Waals surface area contributed by atoms with Gasteiger partial charge in [0.15, 0.2) is 5.56 Å². The fourth-order valence-corrected chi connectivity index (χ4v) is 1.40. The molecule has 10 heteroatoms. The first kappa shape index (κ1) is 14.0. The van der Waals surface area contributed by atoms with Crippen molar-refractivity contribution in [2.24, 2.45) is 0 Å². The van der Waals surface area contributed by atoms with Crippen molar-refractivity contribution in [1.29, 1.82) is 0 Å². The lowest BCUT2D eigenvalue weighted by Crippen LogP contribution is -2.22. The van der Waals surface area contributed by atoms with E-state index in [0.717, 1.165) is 0 Å². The van der Waals surface area contributed by atoms with Crippen molar-refractivity contribution in [2.75, 3.05) is 7.05 Å². The Labute approximate surface area is 104 Å². The first-order valence-corrected chi connectivity index (χ1v) is 4.71. The third-order valence-electron chi connectivity index (χ3n) is 2.20. The van der Waals surface area contributed by atoms with Gasteiger partial charge in [0.05, 0.1) is 21.5 Å². The van der Waals surface area contributed by atoms with E-state index in [4.69, 9.17) is 5.11 Å². The molecule has 1 rings (SSSR count). The molecule has 10 nitrogen and oxygen atoms in total. The molecule has 0 atom stereocenters. The summed E-state index contributed by atoms with van der Waals surface area (Å²) in [6, 6.07) is 1.17. The molecule has 0 spiro atoms. The minimum Gasteiger partial charge on any atom is -0.477 e. The second kappa shape index (κ2) is 5.08. The van der Waals surface area contributed by atoms with Crippen LogP contribution in [0.4, 0.5) is 11.4 Å². The van der Waals surface area contributed by atoms with Gasteiger partial charge in [0.1, 0.15) is 0 Å². The van der Waals surface area contributed by atoms with Crippen LogP contribution in [-0.4, -0.2) is 33.9 Å². The SMILES string of the molecule is CNC(=O)c1cc([N+](=O)[O-])cc([N+](=O)[O-])c1C(=O)O. The predicted molar refractivity (Wildman–Crippen MR) is 60.1 cm³/mol. The number of amides is 1. The summed E-state index contributed by atoms with van der Waals surface area (Å²) in [4.78, 5) is 41.8. The lowest BCUT2D eigenvalue weighted by atomic mass is 10.0. The Morgan fingerprint density at radius 3 is 2.16 bits per heavy atom. The topological polar surface area (TPSA) is 153 Å². The highest BCUT2D eigenvalue weighted by atomic mass is 16.6. The molecular weight excluding hydrogens is 262 g/mol. The standard InChI is InChI=1S/C9H7N3O7/c1-10-8(13)5-2-4(11(16)17)3-6(12(18)19)7(5)9(14)15/h2-3H,1H3,(H,10,13)(H,14,15). The van der Waals surface area contributed by atoms with E-state index in [1.54, 1.807) is 0 Å². The third kappa shape index (κ3) is 2.62. The summed E-state index contributed by atoms with van der Waals surface area (Å²) in [5.41, 5.74) is -3.29. The number of nitrogens with zero attached hydrogens (tertiary/aromatic N) is 2. The Bertz CT molecular complexity index is 596. The molecule has 1 aromatic carbocycles. The first-order valence-electron chi connectivity index (χ1n) is 4.71. The van der Waals surface area contributed by atoms with Crippen molar-refractivity contribution >= 4 is 23.3 Å².